The molecular formula is C21H18FN7O. The topological polar surface area (TPSA) is 125 Å². The Kier molecular flexibility index (Phi) is 5.13. The van der Waals surface area contributed by atoms with Gasteiger partial charge in [-0.1, -0.05) is 12.1 Å². The fraction of sp³-hybridized carbons (Fsp3) is 0.143. The van der Waals surface area contributed by atoms with Crippen LogP contribution in [0.15, 0.2) is 48.7 Å². The Hall–Kier alpha value is -4.19. The standard InChI is InChI=1S/C21H18FN7O/c22-14-6-8-15(9-7-14)29-20(24)17(11-23)18(28-29)5-2-10-25-21(30)16-4-1-3-13-12-26-27-19(13)16/h1,3-4,6-9,12H,2,5,10,24H2,(H,25,30)(H,26,27). The van der Waals surface area contributed by atoms with Gasteiger partial charge in [-0.25, -0.2) is 9.07 Å². The number of fused-ring (bicyclic) bond motifs is 1. The maximum absolute atomic E-state index is 13.2. The van der Waals surface area contributed by atoms with E-state index in [9.17, 15) is 14.4 Å². The van der Waals surface area contributed by atoms with Crippen LogP contribution >= 0.6 is 0 Å². The van der Waals surface area contributed by atoms with Gasteiger partial charge < -0.3 is 11.1 Å². The second-order valence-electron chi connectivity index (χ2n) is 6.71. The molecular weight excluding hydrogens is 385 g/mol. The average molecular weight is 403 g/mol. The first-order valence-electron chi connectivity index (χ1n) is 9.32. The van der Waals surface area contributed by atoms with Crippen LogP contribution < -0.4 is 11.1 Å². The van der Waals surface area contributed by atoms with Crippen molar-refractivity contribution in [2.75, 3.05) is 12.3 Å². The zero-order valence-corrected chi connectivity index (χ0v) is 15.9. The third kappa shape index (κ3) is 3.58. The molecule has 4 aromatic rings. The molecule has 30 heavy (non-hydrogen) atoms. The highest BCUT2D eigenvalue weighted by Gasteiger charge is 2.17. The van der Waals surface area contributed by atoms with Crippen LogP contribution in [0.3, 0.4) is 0 Å². The molecule has 1 amide bonds. The van der Waals surface area contributed by atoms with E-state index < -0.39 is 0 Å². The normalized spacial score (nSPS) is 10.8. The number of aromatic nitrogens is 4. The Morgan fingerprint density at radius 1 is 1.27 bits per heavy atom. The summed E-state index contributed by atoms with van der Waals surface area (Å²) < 4.78 is 14.6. The number of H-pyrrole nitrogens is 1. The number of anilines is 1. The van der Waals surface area contributed by atoms with E-state index in [4.69, 9.17) is 5.73 Å². The zero-order chi connectivity index (χ0) is 21.1. The lowest BCUT2D eigenvalue weighted by Crippen LogP contribution is -2.25. The van der Waals surface area contributed by atoms with Crippen LogP contribution in [0.1, 0.15) is 28.0 Å². The summed E-state index contributed by atoms with van der Waals surface area (Å²) in [5.74, 6) is -0.373. The highest BCUT2D eigenvalue weighted by atomic mass is 19.1. The number of rotatable bonds is 6. The van der Waals surface area contributed by atoms with Gasteiger partial charge in [0.25, 0.3) is 5.91 Å². The van der Waals surface area contributed by atoms with Gasteiger partial charge in [-0.15, -0.1) is 0 Å². The molecule has 0 aliphatic heterocycles. The minimum atomic E-state index is -0.369. The molecule has 0 atom stereocenters. The lowest BCUT2D eigenvalue weighted by atomic mass is 10.1. The molecule has 2 aromatic carbocycles. The van der Waals surface area contributed by atoms with Crippen molar-refractivity contribution in [3.05, 3.63) is 71.3 Å². The summed E-state index contributed by atoms with van der Waals surface area (Å²) in [6.07, 6.45) is 2.69. The Balaban J connectivity index is 1.42. The summed E-state index contributed by atoms with van der Waals surface area (Å²) in [7, 11) is 0. The van der Waals surface area contributed by atoms with Crippen molar-refractivity contribution >= 4 is 22.6 Å². The van der Waals surface area contributed by atoms with Crippen molar-refractivity contribution in [3.63, 3.8) is 0 Å². The van der Waals surface area contributed by atoms with Crippen molar-refractivity contribution in [1.82, 2.24) is 25.3 Å². The molecule has 0 saturated carbocycles. The molecule has 0 aliphatic rings. The van der Waals surface area contributed by atoms with Crippen molar-refractivity contribution in [3.8, 4) is 11.8 Å². The molecule has 4 N–H and O–H groups in total. The van der Waals surface area contributed by atoms with Gasteiger partial charge in [0.2, 0.25) is 0 Å². The maximum atomic E-state index is 13.2. The minimum absolute atomic E-state index is 0.203. The Bertz CT molecular complexity index is 1250. The van der Waals surface area contributed by atoms with E-state index in [0.29, 0.717) is 41.8 Å². The molecule has 0 spiro atoms. The van der Waals surface area contributed by atoms with E-state index in [1.807, 2.05) is 6.07 Å². The summed E-state index contributed by atoms with van der Waals surface area (Å²) >= 11 is 0. The van der Waals surface area contributed by atoms with Gasteiger partial charge in [0, 0.05) is 11.9 Å². The van der Waals surface area contributed by atoms with Gasteiger partial charge in [0.1, 0.15) is 23.3 Å². The SMILES string of the molecule is N#Cc1c(CCCNC(=O)c2cccc3cn[nH]c23)nn(-c2ccc(F)cc2)c1N. The number of para-hydroxylation sites is 1. The fourth-order valence-corrected chi connectivity index (χ4v) is 3.27. The largest absolute Gasteiger partial charge is 0.382 e. The molecule has 0 fully saturated rings. The molecule has 150 valence electrons. The first-order valence-corrected chi connectivity index (χ1v) is 9.32. The van der Waals surface area contributed by atoms with Crippen molar-refractivity contribution in [2.45, 2.75) is 12.8 Å². The fourth-order valence-electron chi connectivity index (χ4n) is 3.27. The van der Waals surface area contributed by atoms with Crippen LogP contribution in [0, 0.1) is 17.1 Å². The number of amides is 1. The van der Waals surface area contributed by atoms with Gasteiger partial charge in [-0.3, -0.25) is 9.89 Å². The minimum Gasteiger partial charge on any atom is -0.382 e. The molecule has 2 heterocycles. The van der Waals surface area contributed by atoms with E-state index in [0.717, 1.165) is 5.39 Å². The highest BCUT2D eigenvalue weighted by Crippen LogP contribution is 2.22. The summed E-state index contributed by atoms with van der Waals surface area (Å²) in [6, 6.07) is 13.2. The number of nitrogens with one attached hydrogen (secondary N) is 2. The summed E-state index contributed by atoms with van der Waals surface area (Å²) in [4.78, 5) is 12.5. The number of halogens is 1. The number of hydrogen-bond acceptors (Lipinski definition) is 5. The number of nitrogens with two attached hydrogens (primary N) is 1. The molecule has 0 bridgehead atoms. The quantitative estimate of drug-likeness (QED) is 0.427. The van der Waals surface area contributed by atoms with E-state index in [1.165, 1.54) is 16.8 Å². The van der Waals surface area contributed by atoms with Crippen LogP contribution in [0.25, 0.3) is 16.6 Å². The summed E-state index contributed by atoms with van der Waals surface area (Å²) in [6.45, 7) is 0.400. The number of carbonyl (C=O) groups excluding carboxylic acids is 1. The number of nitriles is 1. The van der Waals surface area contributed by atoms with Gasteiger partial charge in [-0.2, -0.15) is 15.5 Å². The molecule has 8 nitrogen and oxygen atoms in total. The van der Waals surface area contributed by atoms with Crippen LogP contribution in [-0.4, -0.2) is 32.4 Å². The second-order valence-corrected chi connectivity index (χ2v) is 6.71. The van der Waals surface area contributed by atoms with E-state index in [1.54, 1.807) is 30.5 Å². The lowest BCUT2D eigenvalue weighted by molar-refractivity contribution is 0.0954. The van der Waals surface area contributed by atoms with E-state index in [2.05, 4.69) is 26.7 Å². The van der Waals surface area contributed by atoms with Gasteiger partial charge >= 0.3 is 0 Å². The van der Waals surface area contributed by atoms with Crippen molar-refractivity contribution in [2.24, 2.45) is 0 Å². The van der Waals surface area contributed by atoms with Gasteiger partial charge in [0.15, 0.2) is 0 Å². The molecule has 0 aliphatic carbocycles. The third-order valence-electron chi connectivity index (χ3n) is 4.77. The zero-order valence-electron chi connectivity index (χ0n) is 15.9. The summed E-state index contributed by atoms with van der Waals surface area (Å²) in [5, 5.41) is 24.4. The number of nitrogen functional groups attached to an aromatic ring is 1. The first kappa shape index (κ1) is 19.1. The molecule has 0 radical (unpaired) electrons. The predicted octanol–water partition coefficient (Wildman–Crippen LogP) is 2.70. The molecule has 0 unspecified atom stereocenters. The number of benzene rings is 2. The molecule has 0 saturated heterocycles. The number of aryl methyl sites for hydroxylation is 1. The van der Waals surface area contributed by atoms with E-state index >= 15 is 0 Å². The average Bonchev–Trinajstić information content (AvgIpc) is 3.35. The van der Waals surface area contributed by atoms with Crippen molar-refractivity contribution < 1.29 is 9.18 Å². The molecule has 9 heteroatoms. The highest BCUT2D eigenvalue weighted by molar-refractivity contribution is 6.05. The van der Waals surface area contributed by atoms with Crippen molar-refractivity contribution in [1.29, 1.82) is 5.26 Å². The number of carbonyl (C=O) groups is 1. The van der Waals surface area contributed by atoms with Crippen LogP contribution in [0.5, 0.6) is 0 Å². The monoisotopic (exact) mass is 403 g/mol. The first-order chi connectivity index (χ1) is 14.6. The smallest absolute Gasteiger partial charge is 0.253 e. The van der Waals surface area contributed by atoms with Gasteiger partial charge in [0.05, 0.1) is 28.7 Å². The lowest BCUT2D eigenvalue weighted by Gasteiger charge is -2.05. The number of hydrogen-bond donors (Lipinski definition) is 3. The van der Waals surface area contributed by atoms with Crippen LogP contribution in [-0.2, 0) is 6.42 Å². The predicted molar refractivity (Wildman–Crippen MR) is 109 cm³/mol. The van der Waals surface area contributed by atoms with Crippen LogP contribution in [0.4, 0.5) is 10.2 Å². The Labute approximate surface area is 171 Å². The Morgan fingerprint density at radius 2 is 2.07 bits per heavy atom. The van der Waals surface area contributed by atoms with Gasteiger partial charge in [-0.05, 0) is 43.2 Å². The third-order valence-corrected chi connectivity index (χ3v) is 4.77. The number of nitrogens with zero attached hydrogens (tertiary/aromatic N) is 4. The van der Waals surface area contributed by atoms with E-state index in [-0.39, 0.29) is 23.1 Å². The molecule has 2 aromatic heterocycles. The number of aromatic amines is 1. The van der Waals surface area contributed by atoms with Crippen LogP contribution in [0.2, 0.25) is 0 Å². The summed E-state index contributed by atoms with van der Waals surface area (Å²) in [5.41, 5.74) is 8.65. The maximum Gasteiger partial charge on any atom is 0.253 e. The molecule has 4 rings (SSSR count). The Morgan fingerprint density at radius 3 is 2.83 bits per heavy atom. The second kappa shape index (κ2) is 8.05.